The second kappa shape index (κ2) is 7.61. The molecule has 0 saturated heterocycles. The Morgan fingerprint density at radius 2 is 1.58 bits per heavy atom. The molecule has 0 aliphatic carbocycles. The van der Waals surface area contributed by atoms with Crippen LogP contribution >= 0.6 is 11.6 Å². The Labute approximate surface area is 143 Å². The molecule has 24 heavy (non-hydrogen) atoms. The Balaban J connectivity index is 2.33. The summed E-state index contributed by atoms with van der Waals surface area (Å²) in [5.41, 5.74) is 0.377. The second-order valence-electron chi connectivity index (χ2n) is 4.75. The minimum atomic E-state index is -0.570. The van der Waals surface area contributed by atoms with Gasteiger partial charge < -0.3 is 14.8 Å². The van der Waals surface area contributed by atoms with Gasteiger partial charge in [0.15, 0.2) is 5.75 Å². The zero-order chi connectivity index (χ0) is 17.7. The molecular formula is C17H14ClNO5. The van der Waals surface area contributed by atoms with Gasteiger partial charge in [-0.15, -0.1) is 0 Å². The summed E-state index contributed by atoms with van der Waals surface area (Å²) in [6.07, 6.45) is 0. The molecule has 0 radical (unpaired) electrons. The zero-order valence-electron chi connectivity index (χ0n) is 13.0. The van der Waals surface area contributed by atoms with Gasteiger partial charge in [-0.25, -0.2) is 0 Å². The molecule has 1 N–H and O–H groups in total. The van der Waals surface area contributed by atoms with Crippen LogP contribution in [0.15, 0.2) is 42.5 Å². The van der Waals surface area contributed by atoms with E-state index < -0.39 is 17.8 Å². The molecule has 7 heteroatoms. The van der Waals surface area contributed by atoms with Crippen LogP contribution in [0.5, 0.6) is 11.5 Å². The molecule has 2 rings (SSSR count). The number of hydrogen-bond acceptors (Lipinski definition) is 5. The Kier molecular flexibility index (Phi) is 5.55. The van der Waals surface area contributed by atoms with Crippen LogP contribution in [0, 0.1) is 0 Å². The maximum atomic E-state index is 12.5. The van der Waals surface area contributed by atoms with E-state index in [4.69, 9.17) is 21.1 Å². The summed E-state index contributed by atoms with van der Waals surface area (Å²) in [5.74, 6) is -1.48. The van der Waals surface area contributed by atoms with Gasteiger partial charge in [-0.05, 0) is 24.3 Å². The number of halogens is 1. The van der Waals surface area contributed by atoms with E-state index in [-0.39, 0.29) is 27.8 Å². The van der Waals surface area contributed by atoms with Crippen molar-refractivity contribution in [1.29, 1.82) is 0 Å². The number of ether oxygens (including phenoxy) is 2. The van der Waals surface area contributed by atoms with Gasteiger partial charge in [-0.1, -0.05) is 29.8 Å². The summed E-state index contributed by atoms with van der Waals surface area (Å²) in [5, 5.41) is 2.77. The summed E-state index contributed by atoms with van der Waals surface area (Å²) in [7, 11) is 0. The summed E-state index contributed by atoms with van der Waals surface area (Å²) < 4.78 is 10.0. The fourth-order valence-electron chi connectivity index (χ4n) is 1.94. The standard InChI is InChI=1S/C17H14ClNO5/c1-10(20)23-15-9-4-3-6-12(15)17(22)19-14-8-5-7-13(18)16(14)24-11(2)21/h3-9H,1-2H3,(H,19,22). The first-order valence-electron chi connectivity index (χ1n) is 6.94. The third-order valence-corrected chi connectivity index (χ3v) is 3.14. The monoisotopic (exact) mass is 347 g/mol. The largest absolute Gasteiger partial charge is 0.426 e. The molecule has 0 saturated carbocycles. The van der Waals surface area contributed by atoms with Crippen LogP contribution in [-0.4, -0.2) is 17.8 Å². The highest BCUT2D eigenvalue weighted by atomic mass is 35.5. The molecule has 0 bridgehead atoms. The van der Waals surface area contributed by atoms with E-state index in [0.29, 0.717) is 0 Å². The average molecular weight is 348 g/mol. The molecule has 0 aliphatic heterocycles. The predicted molar refractivity (Wildman–Crippen MR) is 88.5 cm³/mol. The minimum Gasteiger partial charge on any atom is -0.426 e. The van der Waals surface area contributed by atoms with Gasteiger partial charge in [0, 0.05) is 13.8 Å². The van der Waals surface area contributed by atoms with E-state index in [2.05, 4.69) is 5.32 Å². The van der Waals surface area contributed by atoms with E-state index in [1.165, 1.54) is 38.1 Å². The highest BCUT2D eigenvalue weighted by molar-refractivity contribution is 6.32. The molecule has 0 aliphatic rings. The zero-order valence-corrected chi connectivity index (χ0v) is 13.7. The van der Waals surface area contributed by atoms with Gasteiger partial charge >= 0.3 is 11.9 Å². The first-order chi connectivity index (χ1) is 11.4. The molecule has 6 nitrogen and oxygen atoms in total. The predicted octanol–water partition coefficient (Wildman–Crippen LogP) is 3.44. The highest BCUT2D eigenvalue weighted by Gasteiger charge is 2.17. The van der Waals surface area contributed by atoms with Gasteiger partial charge in [0.2, 0.25) is 0 Å². The number of carbonyl (C=O) groups excluding carboxylic acids is 3. The summed E-state index contributed by atoms with van der Waals surface area (Å²) in [6.45, 7) is 2.47. The van der Waals surface area contributed by atoms with Crippen molar-refractivity contribution in [1.82, 2.24) is 0 Å². The van der Waals surface area contributed by atoms with Crippen LogP contribution in [0.3, 0.4) is 0 Å². The molecule has 2 aromatic rings. The van der Waals surface area contributed by atoms with Gasteiger partial charge in [0.05, 0.1) is 16.3 Å². The number of rotatable bonds is 4. The third kappa shape index (κ3) is 4.33. The van der Waals surface area contributed by atoms with Gasteiger partial charge in [0.25, 0.3) is 5.91 Å². The first kappa shape index (κ1) is 17.5. The molecule has 0 spiro atoms. The molecule has 124 valence electrons. The third-order valence-electron chi connectivity index (χ3n) is 2.85. The average Bonchev–Trinajstić information content (AvgIpc) is 2.50. The Morgan fingerprint density at radius 3 is 2.25 bits per heavy atom. The number of hydrogen-bond donors (Lipinski definition) is 1. The SMILES string of the molecule is CC(=O)Oc1ccccc1C(=O)Nc1cccc(Cl)c1OC(C)=O. The topological polar surface area (TPSA) is 81.7 Å². The van der Waals surface area contributed by atoms with Crippen molar-refractivity contribution < 1.29 is 23.9 Å². The van der Waals surface area contributed by atoms with E-state index in [0.717, 1.165) is 0 Å². The van der Waals surface area contributed by atoms with Crippen LogP contribution in [0.4, 0.5) is 5.69 Å². The maximum Gasteiger partial charge on any atom is 0.308 e. The molecule has 0 fully saturated rings. The molecule has 1 amide bonds. The summed E-state index contributed by atoms with van der Waals surface area (Å²) >= 11 is 6.01. The number of nitrogens with one attached hydrogen (secondary N) is 1. The minimum absolute atomic E-state index is 0.0463. The van der Waals surface area contributed by atoms with E-state index in [9.17, 15) is 14.4 Å². The van der Waals surface area contributed by atoms with Crippen LogP contribution in [0.25, 0.3) is 0 Å². The van der Waals surface area contributed by atoms with Gasteiger partial charge in [0.1, 0.15) is 5.75 Å². The molecule has 0 atom stereocenters. The Hall–Kier alpha value is -2.86. The molecular weight excluding hydrogens is 334 g/mol. The normalized spacial score (nSPS) is 9.96. The first-order valence-corrected chi connectivity index (χ1v) is 7.32. The van der Waals surface area contributed by atoms with Gasteiger partial charge in [-0.3, -0.25) is 14.4 Å². The Morgan fingerprint density at radius 1 is 0.917 bits per heavy atom. The van der Waals surface area contributed by atoms with Gasteiger partial charge in [-0.2, -0.15) is 0 Å². The fourth-order valence-corrected chi connectivity index (χ4v) is 2.16. The van der Waals surface area contributed by atoms with Crippen LogP contribution in [0.2, 0.25) is 5.02 Å². The lowest BCUT2D eigenvalue weighted by Gasteiger charge is -2.13. The number of anilines is 1. The molecule has 0 aromatic heterocycles. The smallest absolute Gasteiger partial charge is 0.308 e. The van der Waals surface area contributed by atoms with E-state index in [1.54, 1.807) is 18.2 Å². The summed E-state index contributed by atoms with van der Waals surface area (Å²) in [4.78, 5) is 34.8. The second-order valence-corrected chi connectivity index (χ2v) is 5.16. The molecule has 0 unspecified atom stereocenters. The van der Waals surface area contributed by atoms with E-state index >= 15 is 0 Å². The van der Waals surface area contributed by atoms with Crippen molar-refractivity contribution in [3.63, 3.8) is 0 Å². The van der Waals surface area contributed by atoms with Crippen molar-refractivity contribution in [3.05, 3.63) is 53.1 Å². The quantitative estimate of drug-likeness (QED) is 0.676. The molecule has 0 heterocycles. The number of amides is 1. The maximum absolute atomic E-state index is 12.5. The van der Waals surface area contributed by atoms with Crippen LogP contribution in [-0.2, 0) is 9.59 Å². The number of carbonyl (C=O) groups is 3. The lowest BCUT2D eigenvalue weighted by Crippen LogP contribution is -2.16. The summed E-state index contributed by atoms with van der Waals surface area (Å²) in [6, 6.07) is 10.9. The van der Waals surface area contributed by atoms with Crippen molar-refractivity contribution in [2.45, 2.75) is 13.8 Å². The van der Waals surface area contributed by atoms with Crippen LogP contribution in [0.1, 0.15) is 24.2 Å². The highest BCUT2D eigenvalue weighted by Crippen LogP contribution is 2.33. The fraction of sp³-hybridized carbons (Fsp3) is 0.118. The van der Waals surface area contributed by atoms with Crippen molar-refractivity contribution in [3.8, 4) is 11.5 Å². The number of esters is 2. The lowest BCUT2D eigenvalue weighted by molar-refractivity contribution is -0.132. The van der Waals surface area contributed by atoms with Crippen LogP contribution < -0.4 is 14.8 Å². The molecule has 2 aromatic carbocycles. The Bertz CT molecular complexity index is 803. The number of benzene rings is 2. The number of para-hydroxylation sites is 2. The van der Waals surface area contributed by atoms with Crippen molar-refractivity contribution in [2.24, 2.45) is 0 Å². The van der Waals surface area contributed by atoms with Crippen molar-refractivity contribution in [2.75, 3.05) is 5.32 Å². The van der Waals surface area contributed by atoms with Crippen molar-refractivity contribution >= 4 is 35.1 Å². The lowest BCUT2D eigenvalue weighted by atomic mass is 10.1. The van der Waals surface area contributed by atoms with E-state index in [1.807, 2.05) is 0 Å².